The number of allylic oxidation sites excluding steroid dienone is 3. The largest absolute Gasteiger partial charge is 0.516 e. The minimum Gasteiger partial charge on any atom is -0.516 e. The molecule has 2 N–H and O–H groups in total. The summed E-state index contributed by atoms with van der Waals surface area (Å²) in [5, 5.41) is 14.9. The van der Waals surface area contributed by atoms with Gasteiger partial charge in [-0.3, -0.25) is 0 Å². The molecule has 0 heterocycles. The first kappa shape index (κ1) is 16.8. The van der Waals surface area contributed by atoms with E-state index in [2.05, 4.69) is 58.2 Å². The summed E-state index contributed by atoms with van der Waals surface area (Å²) in [5.74, 6) is 0.379. The summed E-state index contributed by atoms with van der Waals surface area (Å²) >= 11 is 0. The van der Waals surface area contributed by atoms with E-state index in [4.69, 9.17) is 0 Å². The highest BCUT2D eigenvalue weighted by Crippen LogP contribution is 2.39. The Balaban J connectivity index is 2.46. The van der Waals surface area contributed by atoms with E-state index in [1.165, 1.54) is 22.3 Å². The Morgan fingerprint density at radius 2 is 1.68 bits per heavy atom. The average Bonchev–Trinajstić information content (AvgIpc) is 2.69. The fraction of sp³-hybridized carbons (Fsp3) is 0.421. The van der Waals surface area contributed by atoms with Crippen LogP contribution in [0.4, 0.5) is 5.69 Å². The van der Waals surface area contributed by atoms with Gasteiger partial charge in [0.15, 0.2) is 0 Å². The molecule has 0 fully saturated rings. The molecule has 0 bridgehead atoms. The molecule has 0 saturated carbocycles. The minimum atomic E-state index is -0.891. The van der Waals surface area contributed by atoms with E-state index >= 15 is 0 Å². The highest BCUT2D eigenvalue weighted by molar-refractivity contribution is 6.68. The van der Waals surface area contributed by atoms with E-state index in [1.54, 1.807) is 0 Å². The fourth-order valence-electron chi connectivity index (χ4n) is 3.14. The van der Waals surface area contributed by atoms with E-state index in [9.17, 15) is 5.11 Å². The predicted octanol–water partition coefficient (Wildman–Crippen LogP) is 4.61. The van der Waals surface area contributed by atoms with Crippen molar-refractivity contribution in [2.75, 3.05) is 5.32 Å². The third-order valence-electron chi connectivity index (χ3n) is 4.88. The molecule has 0 amide bonds. The third-order valence-corrected chi connectivity index (χ3v) is 6.20. The standard InChI is InChI=1S/C19H27NOSi/c1-12-13(2)15(4)17(14(12)3)18(19(21)22(5)6)20-16-10-8-7-9-11-16/h7-11,14,18,20-21H,1-6H3. The van der Waals surface area contributed by atoms with Crippen molar-refractivity contribution in [1.29, 1.82) is 0 Å². The van der Waals surface area contributed by atoms with Crippen LogP contribution in [-0.2, 0) is 0 Å². The second-order valence-electron chi connectivity index (χ2n) is 6.44. The zero-order chi connectivity index (χ0) is 16.4. The molecule has 1 aromatic rings. The maximum atomic E-state index is 10.8. The van der Waals surface area contributed by atoms with E-state index < -0.39 is 8.41 Å². The van der Waals surface area contributed by atoms with Gasteiger partial charge in [0.05, 0.1) is 13.8 Å². The molecular formula is C19H27NOSi. The number of hydrogen-bond acceptors (Lipinski definition) is 2. The van der Waals surface area contributed by atoms with Crippen molar-refractivity contribution in [1.82, 2.24) is 0 Å². The molecule has 2 atom stereocenters. The number of aliphatic hydroxyl groups excluding tert-OH is 1. The molecule has 0 saturated heterocycles. The van der Waals surface area contributed by atoms with Gasteiger partial charge >= 0.3 is 0 Å². The quantitative estimate of drug-likeness (QED) is 0.796. The Bertz CT molecular complexity index is 651. The predicted molar refractivity (Wildman–Crippen MR) is 98.5 cm³/mol. The number of nitrogens with one attached hydrogen (secondary N) is 1. The molecular weight excluding hydrogens is 286 g/mol. The Hall–Kier alpha value is -1.61. The van der Waals surface area contributed by atoms with Crippen molar-refractivity contribution in [3.8, 4) is 0 Å². The van der Waals surface area contributed by atoms with Gasteiger partial charge in [-0.05, 0) is 49.6 Å². The summed E-state index contributed by atoms with van der Waals surface area (Å²) in [6, 6.07) is 10.1. The highest BCUT2D eigenvalue weighted by Gasteiger charge is 2.31. The summed E-state index contributed by atoms with van der Waals surface area (Å²) in [5.41, 5.74) is 6.49. The molecule has 1 aliphatic rings. The van der Waals surface area contributed by atoms with E-state index in [1.807, 2.05) is 18.2 Å². The van der Waals surface area contributed by atoms with Crippen LogP contribution in [0.15, 0.2) is 52.6 Å². The molecule has 1 aromatic carbocycles. The van der Waals surface area contributed by atoms with Crippen molar-refractivity contribution in [3.05, 3.63) is 52.6 Å². The van der Waals surface area contributed by atoms with Crippen LogP contribution < -0.4 is 5.32 Å². The lowest BCUT2D eigenvalue weighted by Crippen LogP contribution is -2.37. The first-order valence-corrected chi connectivity index (χ1v) is 10.4. The lowest BCUT2D eigenvalue weighted by molar-refractivity contribution is 0.537. The van der Waals surface area contributed by atoms with Crippen LogP contribution in [0.25, 0.3) is 0 Å². The SMILES string of the molecule is CC1=C(C)C(C)C(C(Nc2ccccc2)C(O)=[Si](C)C)=C1C. The average molecular weight is 314 g/mol. The van der Waals surface area contributed by atoms with Gasteiger partial charge < -0.3 is 10.4 Å². The van der Waals surface area contributed by atoms with Gasteiger partial charge in [0, 0.05) is 11.6 Å². The monoisotopic (exact) mass is 313 g/mol. The third kappa shape index (κ3) is 3.09. The van der Waals surface area contributed by atoms with Crippen molar-refractivity contribution in [2.24, 2.45) is 5.92 Å². The van der Waals surface area contributed by atoms with Gasteiger partial charge in [0.2, 0.25) is 0 Å². The Morgan fingerprint density at radius 3 is 2.14 bits per heavy atom. The zero-order valence-electron chi connectivity index (χ0n) is 14.5. The smallest absolute Gasteiger partial charge is 0.101 e. The molecule has 0 radical (unpaired) electrons. The molecule has 2 rings (SSSR count). The number of para-hydroxylation sites is 1. The number of anilines is 1. The molecule has 0 aliphatic heterocycles. The van der Waals surface area contributed by atoms with Gasteiger partial charge in [0.25, 0.3) is 0 Å². The van der Waals surface area contributed by atoms with Gasteiger partial charge in [-0.1, -0.05) is 43.8 Å². The summed E-state index contributed by atoms with van der Waals surface area (Å²) in [6.07, 6.45) is 0. The second-order valence-corrected chi connectivity index (χ2v) is 8.95. The lowest BCUT2D eigenvalue weighted by Gasteiger charge is -2.27. The van der Waals surface area contributed by atoms with Gasteiger partial charge in [0.1, 0.15) is 6.04 Å². The van der Waals surface area contributed by atoms with Crippen LogP contribution in [0, 0.1) is 5.92 Å². The summed E-state index contributed by atoms with van der Waals surface area (Å²) in [4.78, 5) is 0. The van der Waals surface area contributed by atoms with Crippen LogP contribution >= 0.6 is 0 Å². The van der Waals surface area contributed by atoms with Gasteiger partial charge in [-0.2, -0.15) is 0 Å². The lowest BCUT2D eigenvalue weighted by atomic mass is 9.92. The van der Waals surface area contributed by atoms with E-state index in [0.29, 0.717) is 11.3 Å². The molecule has 118 valence electrons. The molecule has 2 nitrogen and oxygen atoms in total. The number of aliphatic hydroxyl groups is 1. The zero-order valence-corrected chi connectivity index (χ0v) is 15.5. The first-order chi connectivity index (χ1) is 10.3. The van der Waals surface area contributed by atoms with Crippen molar-refractivity contribution in [3.63, 3.8) is 0 Å². The molecule has 1 aliphatic carbocycles. The van der Waals surface area contributed by atoms with Crippen molar-refractivity contribution >= 4 is 19.5 Å². The fourth-order valence-corrected chi connectivity index (χ4v) is 3.95. The van der Waals surface area contributed by atoms with Crippen molar-refractivity contribution in [2.45, 2.75) is 46.8 Å². The normalized spacial score (nSPS) is 19.5. The van der Waals surface area contributed by atoms with Crippen LogP contribution in [0.3, 0.4) is 0 Å². The van der Waals surface area contributed by atoms with Gasteiger partial charge in [-0.25, -0.2) is 0 Å². The van der Waals surface area contributed by atoms with E-state index in [0.717, 1.165) is 5.69 Å². The summed E-state index contributed by atoms with van der Waals surface area (Å²) in [7, 11) is -0.891. The van der Waals surface area contributed by atoms with E-state index in [-0.39, 0.29) is 6.04 Å². The minimum absolute atomic E-state index is 0.0892. The number of benzene rings is 1. The summed E-state index contributed by atoms with van der Waals surface area (Å²) < 4.78 is 0. The molecule has 0 aromatic heterocycles. The number of hydrogen-bond donors (Lipinski definition) is 2. The Labute approximate surface area is 135 Å². The first-order valence-electron chi connectivity index (χ1n) is 7.91. The topological polar surface area (TPSA) is 32.3 Å². The van der Waals surface area contributed by atoms with Gasteiger partial charge in [-0.15, -0.1) is 0 Å². The molecule has 22 heavy (non-hydrogen) atoms. The maximum absolute atomic E-state index is 10.8. The molecule has 0 spiro atoms. The van der Waals surface area contributed by atoms with Crippen LogP contribution in [-0.4, -0.2) is 24.9 Å². The van der Waals surface area contributed by atoms with Crippen LogP contribution in [0.2, 0.25) is 13.1 Å². The Kier molecular flexibility index (Phi) is 5.07. The second kappa shape index (κ2) is 6.65. The molecule has 2 unspecified atom stereocenters. The Morgan fingerprint density at radius 1 is 1.09 bits per heavy atom. The maximum Gasteiger partial charge on any atom is 0.101 e. The van der Waals surface area contributed by atoms with Crippen molar-refractivity contribution < 1.29 is 5.11 Å². The number of rotatable bonds is 4. The summed E-state index contributed by atoms with van der Waals surface area (Å²) in [6.45, 7) is 13.1. The highest BCUT2D eigenvalue weighted by atomic mass is 28.2. The van der Waals surface area contributed by atoms with Crippen LogP contribution in [0.5, 0.6) is 0 Å². The molecule has 3 heteroatoms. The van der Waals surface area contributed by atoms with Crippen LogP contribution in [0.1, 0.15) is 27.7 Å².